The highest BCUT2D eigenvalue weighted by atomic mass is 19.3. The number of fused-ring (bicyclic) bond motifs is 1. The van der Waals surface area contributed by atoms with Crippen molar-refractivity contribution in [2.24, 2.45) is 5.41 Å². The maximum absolute atomic E-state index is 12.2. The first-order valence-electron chi connectivity index (χ1n) is 6.25. The molecule has 1 aliphatic heterocycles. The first-order chi connectivity index (χ1) is 8.85. The van der Waals surface area contributed by atoms with E-state index in [2.05, 4.69) is 10.1 Å². The number of halogens is 2. The number of hydrogen-bond donors (Lipinski definition) is 1. The van der Waals surface area contributed by atoms with Gasteiger partial charge in [-0.2, -0.15) is 8.78 Å². The second-order valence-corrected chi connectivity index (χ2v) is 5.39. The number of carbonyl (C=O) groups excluding carboxylic acids is 1. The van der Waals surface area contributed by atoms with Crippen molar-refractivity contribution in [1.82, 2.24) is 0 Å². The first-order valence-corrected chi connectivity index (χ1v) is 6.25. The van der Waals surface area contributed by atoms with Crippen molar-refractivity contribution in [2.45, 2.75) is 39.7 Å². The summed E-state index contributed by atoms with van der Waals surface area (Å²) in [5.74, 6) is -0.341. The van der Waals surface area contributed by atoms with Crippen LogP contribution in [0.1, 0.15) is 38.7 Å². The summed E-state index contributed by atoms with van der Waals surface area (Å²) >= 11 is 0. The molecular weight excluding hydrogens is 252 g/mol. The SMILES string of the molecule is CCC(C)(C)C1C(=O)Nc2ccc(OC(F)F)cc21. The fraction of sp³-hybridized carbons (Fsp3) is 0.500. The van der Waals surface area contributed by atoms with Gasteiger partial charge in [0, 0.05) is 5.69 Å². The average molecular weight is 269 g/mol. The predicted octanol–water partition coefficient (Wildman–Crippen LogP) is 3.76. The first kappa shape index (κ1) is 13.8. The molecule has 0 saturated carbocycles. The standard InChI is InChI=1S/C14H17F2NO2/c1-4-14(2,3)11-9-7-8(19-13(15)16)5-6-10(9)17-12(11)18/h5-7,11,13H,4H2,1-3H3,(H,17,18). The third-order valence-electron chi connectivity index (χ3n) is 3.77. The third kappa shape index (κ3) is 2.55. The zero-order valence-corrected chi connectivity index (χ0v) is 11.2. The summed E-state index contributed by atoms with van der Waals surface area (Å²) in [7, 11) is 0. The molecule has 1 amide bonds. The Morgan fingerprint density at radius 1 is 1.42 bits per heavy atom. The van der Waals surface area contributed by atoms with Crippen molar-refractivity contribution in [3.05, 3.63) is 23.8 Å². The van der Waals surface area contributed by atoms with Crippen LogP contribution in [0.5, 0.6) is 5.75 Å². The molecule has 0 aromatic heterocycles. The minimum absolute atomic E-state index is 0.0853. The van der Waals surface area contributed by atoms with E-state index in [1.807, 2.05) is 20.8 Å². The van der Waals surface area contributed by atoms with Gasteiger partial charge in [-0.3, -0.25) is 4.79 Å². The van der Waals surface area contributed by atoms with Gasteiger partial charge in [-0.1, -0.05) is 20.8 Å². The van der Waals surface area contributed by atoms with Gasteiger partial charge in [0.25, 0.3) is 0 Å². The molecular formula is C14H17F2NO2. The minimum atomic E-state index is -2.86. The van der Waals surface area contributed by atoms with Crippen LogP contribution in [0.3, 0.4) is 0 Å². The maximum Gasteiger partial charge on any atom is 0.387 e. The van der Waals surface area contributed by atoms with Gasteiger partial charge >= 0.3 is 6.61 Å². The van der Waals surface area contributed by atoms with Crippen molar-refractivity contribution >= 4 is 11.6 Å². The van der Waals surface area contributed by atoms with Crippen LogP contribution >= 0.6 is 0 Å². The van der Waals surface area contributed by atoms with Gasteiger partial charge in [0.05, 0.1) is 5.92 Å². The highest BCUT2D eigenvalue weighted by Gasteiger charge is 2.41. The summed E-state index contributed by atoms with van der Waals surface area (Å²) in [4.78, 5) is 12.1. The molecule has 1 aliphatic rings. The van der Waals surface area contributed by atoms with Gasteiger partial charge in [-0.25, -0.2) is 0 Å². The molecule has 0 aliphatic carbocycles. The summed E-state index contributed by atoms with van der Waals surface area (Å²) in [6, 6.07) is 4.57. The fourth-order valence-corrected chi connectivity index (χ4v) is 2.40. The van der Waals surface area contributed by atoms with Crippen molar-refractivity contribution in [3.63, 3.8) is 0 Å². The molecule has 1 aromatic carbocycles. The molecule has 1 heterocycles. The Morgan fingerprint density at radius 2 is 2.11 bits per heavy atom. The molecule has 5 heteroatoms. The highest BCUT2D eigenvalue weighted by molar-refractivity contribution is 6.03. The number of benzene rings is 1. The number of carbonyl (C=O) groups is 1. The lowest BCUT2D eigenvalue weighted by atomic mass is 9.74. The number of anilines is 1. The normalized spacial score (nSPS) is 18.4. The highest BCUT2D eigenvalue weighted by Crippen LogP contribution is 2.46. The van der Waals surface area contributed by atoms with Gasteiger partial charge in [0.1, 0.15) is 5.75 Å². The fourth-order valence-electron chi connectivity index (χ4n) is 2.40. The summed E-state index contributed by atoms with van der Waals surface area (Å²) in [6.07, 6.45) is 0.810. The Labute approximate surface area is 111 Å². The Bertz CT molecular complexity index is 500. The van der Waals surface area contributed by atoms with Crippen molar-refractivity contribution in [3.8, 4) is 5.75 Å². The molecule has 0 spiro atoms. The zero-order chi connectivity index (χ0) is 14.2. The van der Waals surface area contributed by atoms with Crippen LogP contribution < -0.4 is 10.1 Å². The molecule has 1 aromatic rings. The largest absolute Gasteiger partial charge is 0.435 e. The smallest absolute Gasteiger partial charge is 0.387 e. The van der Waals surface area contributed by atoms with Crippen LogP contribution in [0.25, 0.3) is 0 Å². The molecule has 0 saturated heterocycles. The van der Waals surface area contributed by atoms with E-state index in [0.717, 1.165) is 12.0 Å². The summed E-state index contributed by atoms with van der Waals surface area (Å²) in [5, 5.41) is 2.79. The lowest BCUT2D eigenvalue weighted by Crippen LogP contribution is -2.27. The molecule has 1 atom stereocenters. The monoisotopic (exact) mass is 269 g/mol. The lowest BCUT2D eigenvalue weighted by Gasteiger charge is -2.29. The van der Waals surface area contributed by atoms with Crippen LogP contribution in [0.2, 0.25) is 0 Å². The summed E-state index contributed by atoms with van der Waals surface area (Å²) in [5.41, 5.74) is 1.17. The van der Waals surface area contributed by atoms with Crippen molar-refractivity contribution in [1.29, 1.82) is 0 Å². The van der Waals surface area contributed by atoms with Crippen LogP contribution in [0, 0.1) is 5.41 Å². The van der Waals surface area contributed by atoms with E-state index in [1.165, 1.54) is 12.1 Å². The lowest BCUT2D eigenvalue weighted by molar-refractivity contribution is -0.119. The van der Waals surface area contributed by atoms with Crippen molar-refractivity contribution in [2.75, 3.05) is 5.32 Å². The van der Waals surface area contributed by atoms with Crippen LogP contribution in [0.15, 0.2) is 18.2 Å². The number of amides is 1. The second kappa shape index (κ2) is 4.79. The van der Waals surface area contributed by atoms with Gasteiger partial charge < -0.3 is 10.1 Å². The second-order valence-electron chi connectivity index (χ2n) is 5.39. The molecule has 1 unspecified atom stereocenters. The summed E-state index contributed by atoms with van der Waals surface area (Å²) in [6.45, 7) is 3.13. The number of nitrogens with one attached hydrogen (secondary N) is 1. The summed E-state index contributed by atoms with van der Waals surface area (Å²) < 4.78 is 28.9. The molecule has 19 heavy (non-hydrogen) atoms. The molecule has 1 N–H and O–H groups in total. The van der Waals surface area contributed by atoms with E-state index in [4.69, 9.17) is 0 Å². The van der Waals surface area contributed by atoms with E-state index in [-0.39, 0.29) is 23.0 Å². The van der Waals surface area contributed by atoms with Crippen LogP contribution in [0.4, 0.5) is 14.5 Å². The van der Waals surface area contributed by atoms with Gasteiger partial charge in [0.15, 0.2) is 0 Å². The van der Waals surface area contributed by atoms with E-state index in [1.54, 1.807) is 6.07 Å². The number of alkyl halides is 2. The topological polar surface area (TPSA) is 38.3 Å². The van der Waals surface area contributed by atoms with Crippen LogP contribution in [-0.4, -0.2) is 12.5 Å². The Balaban J connectivity index is 2.40. The maximum atomic E-state index is 12.2. The third-order valence-corrected chi connectivity index (χ3v) is 3.77. The van der Waals surface area contributed by atoms with Crippen LogP contribution in [-0.2, 0) is 4.79 Å². The van der Waals surface area contributed by atoms with E-state index < -0.39 is 6.61 Å². The van der Waals surface area contributed by atoms with Gasteiger partial charge in [-0.15, -0.1) is 0 Å². The van der Waals surface area contributed by atoms with E-state index >= 15 is 0 Å². The number of hydrogen-bond acceptors (Lipinski definition) is 2. The van der Waals surface area contributed by atoms with Crippen molar-refractivity contribution < 1.29 is 18.3 Å². The predicted molar refractivity (Wildman–Crippen MR) is 68.5 cm³/mol. The molecule has 0 radical (unpaired) electrons. The van der Waals surface area contributed by atoms with Gasteiger partial charge in [-0.05, 0) is 35.6 Å². The van der Waals surface area contributed by atoms with Gasteiger partial charge in [0.2, 0.25) is 5.91 Å². The Kier molecular flexibility index (Phi) is 3.47. The Morgan fingerprint density at radius 3 is 2.68 bits per heavy atom. The number of rotatable bonds is 4. The molecule has 2 rings (SSSR count). The Hall–Kier alpha value is -1.65. The average Bonchev–Trinajstić information content (AvgIpc) is 2.64. The minimum Gasteiger partial charge on any atom is -0.435 e. The molecule has 0 bridgehead atoms. The van der Waals surface area contributed by atoms with E-state index in [0.29, 0.717) is 5.69 Å². The number of ether oxygens (including phenoxy) is 1. The quantitative estimate of drug-likeness (QED) is 0.903. The molecule has 3 nitrogen and oxygen atoms in total. The van der Waals surface area contributed by atoms with E-state index in [9.17, 15) is 13.6 Å². The molecule has 104 valence electrons. The molecule has 0 fully saturated rings. The zero-order valence-electron chi connectivity index (χ0n) is 11.2.